The first kappa shape index (κ1) is 11.1. The highest BCUT2D eigenvalue weighted by Crippen LogP contribution is 2.27. The molecule has 2 nitrogen and oxygen atoms in total. The van der Waals surface area contributed by atoms with Crippen molar-refractivity contribution in [1.82, 2.24) is 0 Å². The summed E-state index contributed by atoms with van der Waals surface area (Å²) >= 11 is 0. The van der Waals surface area contributed by atoms with E-state index in [1.165, 1.54) is 16.7 Å². The van der Waals surface area contributed by atoms with Crippen molar-refractivity contribution in [1.29, 1.82) is 0 Å². The minimum atomic E-state index is 0.304. The summed E-state index contributed by atoms with van der Waals surface area (Å²) in [7, 11) is 2.07. The van der Waals surface area contributed by atoms with Crippen molar-refractivity contribution in [3.63, 3.8) is 0 Å². The molecule has 1 atom stereocenters. The molecule has 0 amide bonds. The lowest BCUT2D eigenvalue weighted by atomic mass is 9.91. The van der Waals surface area contributed by atoms with Gasteiger partial charge in [-0.25, -0.2) is 0 Å². The number of hydrogen-bond acceptors (Lipinski definition) is 1. The molecular weight excluding hydrogens is 196 g/mol. The topological polar surface area (TPSA) is 15.4 Å². The van der Waals surface area contributed by atoms with Crippen LogP contribution in [0.3, 0.4) is 0 Å². The molecule has 0 radical (unpaired) electrons. The fraction of sp³-hybridized carbons (Fsp3) is 0.429. The van der Waals surface area contributed by atoms with Crippen molar-refractivity contribution in [2.24, 2.45) is 4.99 Å². The summed E-state index contributed by atoms with van der Waals surface area (Å²) in [5.41, 5.74) is 4.20. The van der Waals surface area contributed by atoms with Crippen molar-refractivity contribution >= 4 is 12.6 Å². The first-order valence-corrected chi connectivity index (χ1v) is 5.79. The van der Waals surface area contributed by atoms with E-state index in [-0.39, 0.29) is 0 Å². The summed E-state index contributed by atoms with van der Waals surface area (Å²) in [4.78, 5) is 4.21. The molecule has 1 unspecified atom stereocenters. The summed E-state index contributed by atoms with van der Waals surface area (Å²) in [6, 6.07) is 6.88. The molecule has 0 fully saturated rings. The molecule has 2 rings (SSSR count). The van der Waals surface area contributed by atoms with Gasteiger partial charge in [0.1, 0.15) is 0 Å². The van der Waals surface area contributed by atoms with E-state index in [4.69, 9.17) is 0 Å². The Labute approximate surface area is 97.3 Å². The van der Waals surface area contributed by atoms with Gasteiger partial charge in [-0.15, -0.1) is 0 Å². The zero-order valence-corrected chi connectivity index (χ0v) is 10.4. The smallest absolute Gasteiger partial charge is 0.253 e. The lowest BCUT2D eigenvalue weighted by molar-refractivity contribution is -0.516. The van der Waals surface area contributed by atoms with Crippen LogP contribution in [-0.4, -0.2) is 24.2 Å². The molecule has 0 spiro atoms. The molecule has 84 valence electrons. The highest BCUT2D eigenvalue weighted by Gasteiger charge is 2.23. The molecule has 0 saturated carbocycles. The summed E-state index contributed by atoms with van der Waals surface area (Å²) in [5.74, 6) is 0.576. The maximum atomic E-state index is 4.21. The van der Waals surface area contributed by atoms with Gasteiger partial charge in [0.05, 0.1) is 7.05 Å². The molecule has 0 N–H and O–H groups in total. The van der Waals surface area contributed by atoms with Crippen LogP contribution in [0.25, 0.3) is 0 Å². The molecule has 0 aromatic heterocycles. The van der Waals surface area contributed by atoms with Crippen LogP contribution < -0.4 is 0 Å². The van der Waals surface area contributed by atoms with Crippen molar-refractivity contribution in [3.05, 3.63) is 34.9 Å². The van der Waals surface area contributed by atoms with E-state index in [0.29, 0.717) is 12.0 Å². The van der Waals surface area contributed by atoms with E-state index >= 15 is 0 Å². The lowest BCUT2D eigenvalue weighted by Crippen LogP contribution is -2.14. The standard InChI is InChI=1S/C14H19N2/c1-10(2)12-6-5-7-13(11(12)3)14-8-15-9-16(14)4/h5-10,14H,1-4H3/q+1. The van der Waals surface area contributed by atoms with Gasteiger partial charge in [-0.05, 0) is 24.0 Å². The van der Waals surface area contributed by atoms with E-state index in [1.807, 2.05) is 12.6 Å². The van der Waals surface area contributed by atoms with Crippen molar-refractivity contribution in [3.8, 4) is 0 Å². The molecule has 1 heterocycles. The molecule has 1 aromatic carbocycles. The molecule has 0 saturated heterocycles. The van der Waals surface area contributed by atoms with Crippen LogP contribution in [-0.2, 0) is 0 Å². The van der Waals surface area contributed by atoms with E-state index < -0.39 is 0 Å². The Balaban J connectivity index is 2.46. The first-order valence-electron chi connectivity index (χ1n) is 5.79. The highest BCUT2D eigenvalue weighted by atomic mass is 15.1. The van der Waals surface area contributed by atoms with Gasteiger partial charge in [0.15, 0.2) is 12.3 Å². The van der Waals surface area contributed by atoms with Gasteiger partial charge in [0.2, 0.25) is 0 Å². The number of aliphatic imine (C=N–C) groups is 1. The van der Waals surface area contributed by atoms with Crippen molar-refractivity contribution in [2.75, 3.05) is 7.05 Å². The molecular formula is C14H19N2+. The Morgan fingerprint density at radius 2 is 2.06 bits per heavy atom. The summed E-state index contributed by atoms with van der Waals surface area (Å²) in [6.07, 6.45) is 3.89. The SMILES string of the molecule is Cc1c(C(C)C)cccc1C1C=NC=[N+]1C. The van der Waals surface area contributed by atoms with Crippen LogP contribution in [0, 0.1) is 6.92 Å². The lowest BCUT2D eigenvalue weighted by Gasteiger charge is -2.16. The van der Waals surface area contributed by atoms with Gasteiger partial charge in [0.25, 0.3) is 6.34 Å². The van der Waals surface area contributed by atoms with Crippen molar-refractivity contribution in [2.45, 2.75) is 32.7 Å². The van der Waals surface area contributed by atoms with Crippen molar-refractivity contribution < 1.29 is 4.58 Å². The second kappa shape index (κ2) is 4.20. The van der Waals surface area contributed by atoms with Crippen LogP contribution in [0.2, 0.25) is 0 Å². The number of benzene rings is 1. The van der Waals surface area contributed by atoms with Gasteiger partial charge < -0.3 is 0 Å². The van der Waals surface area contributed by atoms with Gasteiger partial charge >= 0.3 is 0 Å². The first-order chi connectivity index (χ1) is 7.61. The summed E-state index contributed by atoms with van der Waals surface area (Å²) in [6.45, 7) is 6.69. The highest BCUT2D eigenvalue weighted by molar-refractivity contribution is 5.78. The molecule has 0 aliphatic carbocycles. The average Bonchev–Trinajstić information content (AvgIpc) is 2.64. The predicted octanol–water partition coefficient (Wildman–Crippen LogP) is 2.91. The molecule has 16 heavy (non-hydrogen) atoms. The number of rotatable bonds is 2. The van der Waals surface area contributed by atoms with Gasteiger partial charge in [0, 0.05) is 5.56 Å². The third-order valence-electron chi connectivity index (χ3n) is 3.27. The second-order valence-corrected chi connectivity index (χ2v) is 4.74. The second-order valence-electron chi connectivity index (χ2n) is 4.74. The van der Waals surface area contributed by atoms with Crippen LogP contribution in [0.5, 0.6) is 0 Å². The number of nitrogens with zero attached hydrogens (tertiary/aromatic N) is 2. The van der Waals surface area contributed by atoms with E-state index in [0.717, 1.165) is 0 Å². The average molecular weight is 215 g/mol. The number of hydrogen-bond donors (Lipinski definition) is 0. The molecule has 2 heteroatoms. The molecule has 0 bridgehead atoms. The normalized spacial score (nSPS) is 19.3. The summed E-state index contributed by atoms with van der Waals surface area (Å²) in [5, 5.41) is 0. The Kier molecular flexibility index (Phi) is 2.90. The molecule has 1 aliphatic rings. The Morgan fingerprint density at radius 3 is 2.62 bits per heavy atom. The maximum absolute atomic E-state index is 4.21. The van der Waals surface area contributed by atoms with E-state index in [9.17, 15) is 0 Å². The quantitative estimate of drug-likeness (QED) is 0.674. The third kappa shape index (κ3) is 1.80. The van der Waals surface area contributed by atoms with Crippen LogP contribution in [0.15, 0.2) is 23.2 Å². The van der Waals surface area contributed by atoms with Crippen LogP contribution >= 0.6 is 0 Å². The minimum Gasteiger partial charge on any atom is -0.253 e. The van der Waals surface area contributed by atoms with Crippen LogP contribution in [0.4, 0.5) is 0 Å². The fourth-order valence-electron chi connectivity index (χ4n) is 2.32. The van der Waals surface area contributed by atoms with E-state index in [1.54, 1.807) is 0 Å². The fourth-order valence-corrected chi connectivity index (χ4v) is 2.32. The summed E-state index contributed by atoms with van der Waals surface area (Å²) < 4.78 is 2.15. The third-order valence-corrected chi connectivity index (χ3v) is 3.27. The maximum Gasteiger partial charge on any atom is 0.281 e. The van der Waals surface area contributed by atoms with Gasteiger partial charge in [-0.2, -0.15) is 0 Å². The minimum absolute atomic E-state index is 0.304. The zero-order valence-electron chi connectivity index (χ0n) is 10.4. The largest absolute Gasteiger partial charge is 0.281 e. The zero-order chi connectivity index (χ0) is 11.7. The molecule has 1 aromatic rings. The monoisotopic (exact) mass is 215 g/mol. The van der Waals surface area contributed by atoms with Gasteiger partial charge in [-0.3, -0.25) is 4.58 Å². The van der Waals surface area contributed by atoms with E-state index in [2.05, 4.69) is 55.6 Å². The Bertz CT molecular complexity index is 456. The Hall–Kier alpha value is -1.44. The molecule has 1 aliphatic heterocycles. The predicted molar refractivity (Wildman–Crippen MR) is 68.7 cm³/mol. The van der Waals surface area contributed by atoms with Gasteiger partial charge in [-0.1, -0.05) is 37.0 Å². The Morgan fingerprint density at radius 1 is 1.31 bits per heavy atom. The van der Waals surface area contributed by atoms with Crippen LogP contribution in [0.1, 0.15) is 42.5 Å².